The van der Waals surface area contributed by atoms with Gasteiger partial charge in [-0.1, -0.05) is 11.6 Å². The van der Waals surface area contributed by atoms with Gasteiger partial charge in [-0.3, -0.25) is 4.68 Å². The number of rotatable bonds is 3. The molecule has 3 rings (SSSR count). The van der Waals surface area contributed by atoms with Gasteiger partial charge in [0, 0.05) is 25.1 Å². The Morgan fingerprint density at radius 1 is 1.32 bits per heavy atom. The highest BCUT2D eigenvalue weighted by molar-refractivity contribution is 5.78. The van der Waals surface area contributed by atoms with Gasteiger partial charge < -0.3 is 9.52 Å². The van der Waals surface area contributed by atoms with Crippen LogP contribution < -0.4 is 0 Å². The summed E-state index contributed by atoms with van der Waals surface area (Å²) in [5.41, 5.74) is 2.84. The lowest BCUT2D eigenvalue weighted by molar-refractivity contribution is 0.151. The minimum absolute atomic E-state index is 0.458. The largest absolute Gasteiger partial charge is 0.458 e. The number of fused-ring (bicyclic) bond motifs is 1. The Hall–Kier alpha value is -2.07. The van der Waals surface area contributed by atoms with Gasteiger partial charge in [-0.15, -0.1) is 0 Å². The van der Waals surface area contributed by atoms with Crippen LogP contribution in [0.15, 0.2) is 40.9 Å². The maximum Gasteiger partial charge on any atom is 0.134 e. The molecule has 0 radical (unpaired) electrons. The van der Waals surface area contributed by atoms with E-state index in [1.54, 1.807) is 4.68 Å². The van der Waals surface area contributed by atoms with Crippen LogP contribution in [0.3, 0.4) is 0 Å². The second-order valence-corrected chi connectivity index (χ2v) is 4.89. The molecule has 98 valence electrons. The van der Waals surface area contributed by atoms with E-state index in [0.717, 1.165) is 16.7 Å². The predicted molar refractivity (Wildman–Crippen MR) is 72.8 cm³/mol. The zero-order valence-electron chi connectivity index (χ0n) is 11.0. The molecular weight excluding hydrogens is 240 g/mol. The third-order valence-electron chi connectivity index (χ3n) is 3.19. The van der Waals surface area contributed by atoms with E-state index in [9.17, 15) is 5.11 Å². The Bertz CT molecular complexity index is 712. The molecular formula is C15H16N2O2. The van der Waals surface area contributed by atoms with Crippen molar-refractivity contribution in [1.29, 1.82) is 0 Å². The molecule has 1 unspecified atom stereocenters. The third kappa shape index (κ3) is 2.39. The second-order valence-electron chi connectivity index (χ2n) is 4.89. The zero-order chi connectivity index (χ0) is 13.4. The topological polar surface area (TPSA) is 51.2 Å². The number of aromatic nitrogens is 2. The van der Waals surface area contributed by atoms with Gasteiger partial charge in [0.1, 0.15) is 17.4 Å². The summed E-state index contributed by atoms with van der Waals surface area (Å²) in [5, 5.41) is 15.5. The van der Waals surface area contributed by atoms with Crippen molar-refractivity contribution in [2.45, 2.75) is 19.4 Å². The Balaban J connectivity index is 1.86. The lowest BCUT2D eigenvalue weighted by Crippen LogP contribution is -2.01. The molecule has 1 aromatic carbocycles. The third-order valence-corrected chi connectivity index (χ3v) is 3.19. The number of nitrogens with zero attached hydrogens (tertiary/aromatic N) is 2. The van der Waals surface area contributed by atoms with E-state index >= 15 is 0 Å². The van der Waals surface area contributed by atoms with Gasteiger partial charge in [0.2, 0.25) is 0 Å². The fourth-order valence-corrected chi connectivity index (χ4v) is 2.22. The highest BCUT2D eigenvalue weighted by Gasteiger charge is 2.15. The summed E-state index contributed by atoms with van der Waals surface area (Å²) in [7, 11) is 1.86. The van der Waals surface area contributed by atoms with Crippen LogP contribution in [0.1, 0.15) is 23.1 Å². The first-order valence-electron chi connectivity index (χ1n) is 6.28. The lowest BCUT2D eigenvalue weighted by atomic mass is 10.1. The standard InChI is InChI=1S/C15H16N2O2/c1-10-3-4-14-11(7-10)8-15(19-14)13(18)9-12-5-6-17(2)16-12/h3-8,13,18H,9H2,1-2H3. The van der Waals surface area contributed by atoms with Crippen LogP contribution in [0.5, 0.6) is 0 Å². The first-order chi connectivity index (χ1) is 9.11. The molecule has 0 spiro atoms. The van der Waals surface area contributed by atoms with Gasteiger partial charge in [0.05, 0.1) is 5.69 Å². The minimum atomic E-state index is -0.664. The molecule has 3 aromatic rings. The number of hydrogen-bond donors (Lipinski definition) is 1. The molecule has 0 amide bonds. The number of hydrogen-bond acceptors (Lipinski definition) is 3. The van der Waals surface area contributed by atoms with Gasteiger partial charge in [-0.2, -0.15) is 5.10 Å². The normalized spacial score (nSPS) is 13.0. The SMILES string of the molecule is Cc1ccc2oc(C(O)Cc3ccn(C)n3)cc2c1. The highest BCUT2D eigenvalue weighted by Crippen LogP contribution is 2.26. The minimum Gasteiger partial charge on any atom is -0.458 e. The summed E-state index contributed by atoms with van der Waals surface area (Å²) in [4.78, 5) is 0. The number of aryl methyl sites for hydroxylation is 2. The van der Waals surface area contributed by atoms with Crippen molar-refractivity contribution < 1.29 is 9.52 Å². The maximum atomic E-state index is 10.2. The van der Waals surface area contributed by atoms with E-state index in [0.29, 0.717) is 12.2 Å². The Morgan fingerprint density at radius 3 is 2.89 bits per heavy atom. The van der Waals surface area contributed by atoms with Crippen LogP contribution in [-0.2, 0) is 13.5 Å². The highest BCUT2D eigenvalue weighted by atomic mass is 16.4. The molecule has 4 heteroatoms. The summed E-state index contributed by atoms with van der Waals surface area (Å²) < 4.78 is 7.41. The first-order valence-corrected chi connectivity index (χ1v) is 6.28. The Kier molecular flexibility index (Phi) is 2.87. The molecule has 4 nitrogen and oxygen atoms in total. The van der Waals surface area contributed by atoms with E-state index in [4.69, 9.17) is 4.42 Å². The number of aliphatic hydroxyl groups excluding tert-OH is 1. The second kappa shape index (κ2) is 4.55. The smallest absolute Gasteiger partial charge is 0.134 e. The quantitative estimate of drug-likeness (QED) is 0.784. The van der Waals surface area contributed by atoms with Gasteiger partial charge >= 0.3 is 0 Å². The van der Waals surface area contributed by atoms with Gasteiger partial charge in [-0.05, 0) is 31.2 Å². The van der Waals surface area contributed by atoms with Crippen LogP contribution in [0.25, 0.3) is 11.0 Å². The summed E-state index contributed by atoms with van der Waals surface area (Å²) in [6.45, 7) is 2.04. The fourth-order valence-electron chi connectivity index (χ4n) is 2.22. The molecule has 0 saturated carbocycles. The molecule has 0 saturated heterocycles. The molecule has 0 fully saturated rings. The molecule has 1 atom stereocenters. The van der Waals surface area contributed by atoms with E-state index < -0.39 is 6.10 Å². The van der Waals surface area contributed by atoms with Crippen molar-refractivity contribution in [1.82, 2.24) is 9.78 Å². The number of furan rings is 1. The molecule has 1 N–H and O–H groups in total. The molecule has 0 aliphatic carbocycles. The monoisotopic (exact) mass is 256 g/mol. The molecule has 0 aliphatic rings. The summed E-state index contributed by atoms with van der Waals surface area (Å²) in [6, 6.07) is 9.78. The van der Waals surface area contributed by atoms with Crippen molar-refractivity contribution in [3.63, 3.8) is 0 Å². The van der Waals surface area contributed by atoms with Crippen molar-refractivity contribution in [2.75, 3.05) is 0 Å². The molecule has 0 aliphatic heterocycles. The molecule has 19 heavy (non-hydrogen) atoms. The Labute approximate surface area is 111 Å². The number of benzene rings is 1. The van der Waals surface area contributed by atoms with Crippen LogP contribution in [0.2, 0.25) is 0 Å². The van der Waals surface area contributed by atoms with Crippen LogP contribution >= 0.6 is 0 Å². The van der Waals surface area contributed by atoms with E-state index in [1.165, 1.54) is 5.56 Å². The van der Waals surface area contributed by atoms with Crippen molar-refractivity contribution in [3.05, 3.63) is 53.5 Å². The summed E-state index contributed by atoms with van der Waals surface area (Å²) in [5.74, 6) is 0.589. The van der Waals surface area contributed by atoms with Gasteiger partial charge in [-0.25, -0.2) is 0 Å². The van der Waals surface area contributed by atoms with Crippen LogP contribution in [0.4, 0.5) is 0 Å². The first kappa shape index (κ1) is 12.0. The summed E-state index contributed by atoms with van der Waals surface area (Å²) >= 11 is 0. The maximum absolute atomic E-state index is 10.2. The molecule has 2 aromatic heterocycles. The number of aliphatic hydroxyl groups is 1. The van der Waals surface area contributed by atoms with Crippen LogP contribution in [0, 0.1) is 6.92 Å². The average Bonchev–Trinajstić information content (AvgIpc) is 2.95. The zero-order valence-corrected chi connectivity index (χ0v) is 11.0. The van der Waals surface area contributed by atoms with Crippen LogP contribution in [-0.4, -0.2) is 14.9 Å². The van der Waals surface area contributed by atoms with E-state index in [1.807, 2.05) is 44.4 Å². The fraction of sp³-hybridized carbons (Fsp3) is 0.267. The molecule has 2 heterocycles. The lowest BCUT2D eigenvalue weighted by Gasteiger charge is -2.04. The summed E-state index contributed by atoms with van der Waals surface area (Å²) in [6.07, 6.45) is 1.66. The average molecular weight is 256 g/mol. The van der Waals surface area contributed by atoms with Crippen molar-refractivity contribution in [3.8, 4) is 0 Å². The molecule has 0 bridgehead atoms. The predicted octanol–water partition coefficient (Wildman–Crippen LogP) is 2.75. The Morgan fingerprint density at radius 2 is 2.16 bits per heavy atom. The van der Waals surface area contributed by atoms with Crippen molar-refractivity contribution in [2.24, 2.45) is 7.05 Å². The van der Waals surface area contributed by atoms with Crippen molar-refractivity contribution >= 4 is 11.0 Å². The van der Waals surface area contributed by atoms with E-state index in [-0.39, 0.29) is 0 Å². The van der Waals surface area contributed by atoms with Gasteiger partial charge in [0.25, 0.3) is 0 Å². The van der Waals surface area contributed by atoms with Gasteiger partial charge in [0.15, 0.2) is 0 Å². The van der Waals surface area contributed by atoms with E-state index in [2.05, 4.69) is 11.2 Å².